The molecule has 532 valence electrons. The SMILES string of the molecule is CC1(C)c2cc(-c3ccccc3)c(-c3ccccc3)cc2-c2nc(-c3ccc4cc(-n5c6cc7ccccc7cc6c6c7ccccc7ccc65)ccc4c3)nc(-c3ccccc3)c21.c1ccc2cc3c(cc2c1)c1ccc2ccccc2c1n3-c1ccc(-c2nc(-c3ccc4cccnc4c3)nc3oc4ccccc4c23)cc1. The van der Waals surface area contributed by atoms with Gasteiger partial charge in [-0.15, -0.1) is 0 Å². The minimum Gasteiger partial charge on any atom is -0.438 e. The molecule has 6 aromatic heterocycles. The van der Waals surface area contributed by atoms with E-state index in [2.05, 4.69) is 362 Å². The summed E-state index contributed by atoms with van der Waals surface area (Å²) in [6.45, 7) is 4.67. The van der Waals surface area contributed by atoms with E-state index in [1.54, 1.807) is 0 Å². The van der Waals surface area contributed by atoms with Crippen molar-refractivity contribution in [3.05, 3.63) is 381 Å². The van der Waals surface area contributed by atoms with Crippen molar-refractivity contribution in [1.82, 2.24) is 34.1 Å². The van der Waals surface area contributed by atoms with E-state index in [0.717, 1.165) is 100 Å². The predicted octanol–water partition coefficient (Wildman–Crippen LogP) is 27.7. The van der Waals surface area contributed by atoms with E-state index in [-0.39, 0.29) is 5.41 Å². The lowest BCUT2D eigenvalue weighted by atomic mass is 9.79. The molecule has 0 N–H and O–H groups in total. The van der Waals surface area contributed by atoms with Crippen LogP contribution in [0.2, 0.25) is 0 Å². The standard InChI is InChI=1S/C61H41N3.C45H26N4O/c1-61(2)53-37-50(39-18-8-4-9-19-39)49(38-16-6-3-7-17-38)36-51(53)59-57(61)58(41-21-10-5-11-22-41)62-60(63-59)46-27-26-45-33-47(30-28-44(45)32-46)64-54-31-29-40-20-14-15-25-48(40)56(54)52-34-42-23-12-13-24-43(42)35-55(52)64;1-2-10-31-26-39-37(24-30(31)9-1)35-22-19-27-8-3-4-12-34(27)43(35)49(39)33-20-17-29(18-21-33)42-41-36-13-5-6-14-40(36)50-45(41)48-44(47-42)32-16-15-28-11-7-23-46-38(28)25-32/h3-37H,1-2H3;1-26H. The zero-order chi connectivity index (χ0) is 75.3. The van der Waals surface area contributed by atoms with Gasteiger partial charge in [-0.05, 0) is 167 Å². The fourth-order valence-electron chi connectivity index (χ4n) is 18.3. The van der Waals surface area contributed by atoms with Crippen LogP contribution in [0.3, 0.4) is 0 Å². The van der Waals surface area contributed by atoms with E-state index in [4.69, 9.17) is 24.4 Å². The third-order valence-corrected chi connectivity index (χ3v) is 23.7. The van der Waals surface area contributed by atoms with E-state index in [1.165, 1.54) is 120 Å². The molecule has 6 heterocycles. The van der Waals surface area contributed by atoms with Gasteiger partial charge in [-0.25, -0.2) is 15.0 Å². The summed E-state index contributed by atoms with van der Waals surface area (Å²) in [4.78, 5) is 25.8. The largest absolute Gasteiger partial charge is 0.438 e. The topological polar surface area (TPSA) is 87.5 Å². The molecule has 0 spiro atoms. The van der Waals surface area contributed by atoms with Crippen LogP contribution in [-0.2, 0) is 5.41 Å². The first kappa shape index (κ1) is 64.9. The molecule has 1 aliphatic carbocycles. The fraction of sp³-hybridized carbons (Fsp3) is 0.0283. The Kier molecular flexibility index (Phi) is 14.6. The van der Waals surface area contributed by atoms with Crippen LogP contribution in [0.4, 0.5) is 0 Å². The first-order valence-electron chi connectivity index (χ1n) is 38.9. The van der Waals surface area contributed by atoms with E-state index < -0.39 is 0 Å². The Labute approximate surface area is 655 Å². The van der Waals surface area contributed by atoms with Crippen molar-refractivity contribution in [3.8, 4) is 90.2 Å². The van der Waals surface area contributed by atoms with Gasteiger partial charge in [0.2, 0.25) is 5.71 Å². The Morgan fingerprint density at radius 2 is 0.781 bits per heavy atom. The Morgan fingerprint density at radius 1 is 0.281 bits per heavy atom. The summed E-state index contributed by atoms with van der Waals surface area (Å²) in [6, 6.07) is 131. The summed E-state index contributed by atoms with van der Waals surface area (Å²) in [5.41, 5.74) is 24.1. The van der Waals surface area contributed by atoms with Gasteiger partial charge in [0.15, 0.2) is 11.6 Å². The van der Waals surface area contributed by atoms with Crippen molar-refractivity contribution >= 4 is 130 Å². The Balaban J connectivity index is 0.000000139. The number of hydrogen-bond acceptors (Lipinski definition) is 6. The van der Waals surface area contributed by atoms with Crippen molar-refractivity contribution in [3.63, 3.8) is 0 Å². The van der Waals surface area contributed by atoms with Gasteiger partial charge in [0.25, 0.3) is 0 Å². The Morgan fingerprint density at radius 3 is 1.51 bits per heavy atom. The molecule has 0 bridgehead atoms. The quantitative estimate of drug-likeness (QED) is 0.151. The highest BCUT2D eigenvalue weighted by Crippen LogP contribution is 2.55. The van der Waals surface area contributed by atoms with Gasteiger partial charge in [-0.3, -0.25) is 4.98 Å². The molecule has 0 saturated heterocycles. The number of benzene rings is 17. The van der Waals surface area contributed by atoms with Crippen LogP contribution < -0.4 is 0 Å². The molecule has 8 heteroatoms. The summed E-state index contributed by atoms with van der Waals surface area (Å²) in [6.07, 6.45) is 1.81. The molecule has 0 unspecified atom stereocenters. The summed E-state index contributed by atoms with van der Waals surface area (Å²) in [5.74, 6) is 1.32. The molecule has 17 aromatic carbocycles. The third-order valence-electron chi connectivity index (χ3n) is 23.7. The number of aromatic nitrogens is 7. The lowest BCUT2D eigenvalue weighted by Gasteiger charge is -2.25. The summed E-state index contributed by atoms with van der Waals surface area (Å²) < 4.78 is 11.2. The van der Waals surface area contributed by atoms with E-state index in [9.17, 15) is 0 Å². The minimum absolute atomic E-state index is 0.349. The number of pyridine rings is 1. The van der Waals surface area contributed by atoms with Crippen LogP contribution in [0.15, 0.2) is 375 Å². The maximum atomic E-state index is 6.35. The number of fused-ring (bicyclic) bond motifs is 20. The average molecular weight is 1450 g/mol. The van der Waals surface area contributed by atoms with E-state index >= 15 is 0 Å². The molecule has 0 fully saturated rings. The number of hydrogen-bond donors (Lipinski definition) is 0. The second-order valence-electron chi connectivity index (χ2n) is 30.6. The highest BCUT2D eigenvalue weighted by Gasteiger charge is 2.41. The molecule has 0 amide bonds. The van der Waals surface area contributed by atoms with Crippen LogP contribution in [0.25, 0.3) is 221 Å². The van der Waals surface area contributed by atoms with Crippen LogP contribution in [0.1, 0.15) is 25.0 Å². The zero-order valence-corrected chi connectivity index (χ0v) is 62.3. The van der Waals surface area contributed by atoms with Crippen molar-refractivity contribution in [2.45, 2.75) is 19.3 Å². The molecule has 0 radical (unpaired) electrons. The summed E-state index contributed by atoms with van der Waals surface area (Å²) in [7, 11) is 0. The van der Waals surface area contributed by atoms with Gasteiger partial charge in [-0.1, -0.05) is 287 Å². The molecule has 23 aromatic rings. The summed E-state index contributed by atoms with van der Waals surface area (Å²) in [5, 5.41) is 20.2. The molecule has 8 nitrogen and oxygen atoms in total. The fourth-order valence-corrected chi connectivity index (χ4v) is 18.3. The molecular weight excluding hydrogens is 1390 g/mol. The summed E-state index contributed by atoms with van der Waals surface area (Å²) >= 11 is 0. The van der Waals surface area contributed by atoms with E-state index in [0.29, 0.717) is 11.5 Å². The molecule has 24 rings (SSSR count). The van der Waals surface area contributed by atoms with Crippen molar-refractivity contribution in [1.29, 1.82) is 0 Å². The number of para-hydroxylation sites is 1. The molecular formula is C106H67N7O. The normalized spacial score (nSPS) is 12.5. The maximum Gasteiger partial charge on any atom is 0.231 e. The first-order chi connectivity index (χ1) is 56.2. The zero-order valence-electron chi connectivity index (χ0n) is 62.3. The molecule has 0 aliphatic heterocycles. The van der Waals surface area contributed by atoms with Gasteiger partial charge in [0.1, 0.15) is 5.58 Å². The number of rotatable bonds is 8. The second kappa shape index (κ2) is 25.5. The van der Waals surface area contributed by atoms with Crippen LogP contribution >= 0.6 is 0 Å². The molecule has 114 heavy (non-hydrogen) atoms. The average Bonchev–Trinajstić information content (AvgIpc) is 1.56. The van der Waals surface area contributed by atoms with Gasteiger partial charge in [-0.2, -0.15) is 4.98 Å². The highest BCUT2D eigenvalue weighted by molar-refractivity contribution is 6.24. The smallest absolute Gasteiger partial charge is 0.231 e. The van der Waals surface area contributed by atoms with Gasteiger partial charge in [0.05, 0.1) is 50.1 Å². The molecule has 0 saturated carbocycles. The third kappa shape index (κ3) is 10.3. The lowest BCUT2D eigenvalue weighted by molar-refractivity contribution is 0.653. The number of furan rings is 1. The lowest BCUT2D eigenvalue weighted by Crippen LogP contribution is -2.17. The molecule has 0 atom stereocenters. The second-order valence-corrected chi connectivity index (χ2v) is 30.6. The Bertz CT molecular complexity index is 7940. The van der Waals surface area contributed by atoms with Crippen LogP contribution in [-0.4, -0.2) is 34.1 Å². The van der Waals surface area contributed by atoms with Crippen molar-refractivity contribution in [2.75, 3.05) is 0 Å². The van der Waals surface area contributed by atoms with Gasteiger partial charge >= 0.3 is 0 Å². The predicted molar refractivity (Wildman–Crippen MR) is 473 cm³/mol. The van der Waals surface area contributed by atoms with Crippen LogP contribution in [0.5, 0.6) is 0 Å². The van der Waals surface area contributed by atoms with Crippen molar-refractivity contribution in [2.24, 2.45) is 0 Å². The van der Waals surface area contributed by atoms with E-state index in [1.807, 2.05) is 36.5 Å². The number of nitrogens with zero attached hydrogens (tertiary/aromatic N) is 7. The Hall–Kier alpha value is -15.0. The highest BCUT2D eigenvalue weighted by atomic mass is 16.3. The van der Waals surface area contributed by atoms with Crippen molar-refractivity contribution < 1.29 is 4.42 Å². The maximum absolute atomic E-state index is 6.35. The minimum atomic E-state index is -0.349. The first-order valence-corrected chi connectivity index (χ1v) is 38.9. The molecule has 1 aliphatic rings. The monoisotopic (exact) mass is 1450 g/mol. The van der Waals surface area contributed by atoms with Crippen LogP contribution in [0, 0.1) is 0 Å². The van der Waals surface area contributed by atoms with Gasteiger partial charge < -0.3 is 13.6 Å². The van der Waals surface area contributed by atoms with Gasteiger partial charge in [0, 0.05) is 94.1 Å².